The van der Waals surface area contributed by atoms with Gasteiger partial charge in [0.25, 0.3) is 0 Å². The van der Waals surface area contributed by atoms with Crippen molar-refractivity contribution in [3.8, 4) is 0 Å². The average molecular weight is 447 g/mol. The largest absolute Gasteiger partial charge is 0.465 e. The Hall–Kier alpha value is -1.31. The van der Waals surface area contributed by atoms with Crippen LogP contribution >= 0.6 is 24.0 Å². The van der Waals surface area contributed by atoms with E-state index in [9.17, 15) is 4.79 Å². The van der Waals surface area contributed by atoms with E-state index in [1.165, 1.54) is 13.5 Å². The minimum atomic E-state index is -0.304. The Kier molecular flexibility index (Phi) is 12.3. The number of methoxy groups -OCH3 is 1. The number of nitrogens with one attached hydrogen (secondary N) is 1. The molecule has 6 heteroatoms. The Balaban J connectivity index is 0.00000529. The molecule has 0 bridgehead atoms. The molecule has 0 fully saturated rings. The number of guanidine groups is 1. The molecule has 0 saturated heterocycles. The molecule has 24 heavy (non-hydrogen) atoms. The molecule has 0 aliphatic carbocycles. The second-order valence-corrected chi connectivity index (χ2v) is 5.45. The molecule has 1 aromatic carbocycles. The van der Waals surface area contributed by atoms with Gasteiger partial charge in [0.05, 0.1) is 12.7 Å². The number of aliphatic imine (C=N–C) groups is 1. The van der Waals surface area contributed by atoms with Gasteiger partial charge < -0.3 is 15.0 Å². The number of ether oxygens (including phenoxy) is 1. The van der Waals surface area contributed by atoms with Crippen LogP contribution in [0.2, 0.25) is 0 Å². The quantitative estimate of drug-likeness (QED) is 0.288. The lowest BCUT2D eigenvalue weighted by Crippen LogP contribution is -2.39. The third kappa shape index (κ3) is 7.99. The maximum atomic E-state index is 11.4. The molecule has 136 valence electrons. The number of carbonyl (C=O) groups is 1. The van der Waals surface area contributed by atoms with Gasteiger partial charge in [-0.1, -0.05) is 25.5 Å². The van der Waals surface area contributed by atoms with Gasteiger partial charge in [0.2, 0.25) is 0 Å². The van der Waals surface area contributed by atoms with E-state index in [1.807, 2.05) is 12.1 Å². The van der Waals surface area contributed by atoms with Crippen LogP contribution in [-0.2, 0) is 11.2 Å². The number of rotatable bonds is 8. The summed E-state index contributed by atoms with van der Waals surface area (Å²) in [5.41, 5.74) is 1.74. The van der Waals surface area contributed by atoms with Crippen molar-refractivity contribution in [2.75, 3.05) is 33.8 Å². The fourth-order valence-electron chi connectivity index (χ4n) is 2.19. The molecule has 0 aliphatic heterocycles. The molecule has 5 nitrogen and oxygen atoms in total. The summed E-state index contributed by atoms with van der Waals surface area (Å²) in [6.45, 7) is 6.86. The summed E-state index contributed by atoms with van der Waals surface area (Å²) in [6, 6.07) is 7.50. The van der Waals surface area contributed by atoms with Gasteiger partial charge in [-0.05, 0) is 37.5 Å². The molecular weight excluding hydrogens is 417 g/mol. The van der Waals surface area contributed by atoms with Crippen molar-refractivity contribution in [1.29, 1.82) is 0 Å². The Bertz CT molecular complexity index is 503. The molecule has 0 amide bonds. The van der Waals surface area contributed by atoms with Gasteiger partial charge in [-0.25, -0.2) is 4.79 Å². The highest BCUT2D eigenvalue weighted by atomic mass is 127. The fourth-order valence-corrected chi connectivity index (χ4v) is 2.19. The third-order valence-corrected chi connectivity index (χ3v) is 3.58. The number of halogens is 1. The first-order valence-corrected chi connectivity index (χ1v) is 8.29. The van der Waals surface area contributed by atoms with E-state index >= 15 is 0 Å². The van der Waals surface area contributed by atoms with Gasteiger partial charge in [-0.3, -0.25) is 4.99 Å². The first-order valence-electron chi connectivity index (χ1n) is 8.29. The van der Waals surface area contributed by atoms with E-state index in [0.29, 0.717) is 5.56 Å². The van der Waals surface area contributed by atoms with Crippen LogP contribution in [0.1, 0.15) is 42.6 Å². The number of carbonyl (C=O) groups excluding carboxylic acids is 1. The van der Waals surface area contributed by atoms with E-state index in [0.717, 1.165) is 44.0 Å². The first kappa shape index (κ1) is 22.7. The highest BCUT2D eigenvalue weighted by Gasteiger charge is 2.06. The van der Waals surface area contributed by atoms with Crippen molar-refractivity contribution in [1.82, 2.24) is 10.2 Å². The molecular formula is C18H30IN3O2. The van der Waals surface area contributed by atoms with Crippen LogP contribution in [0.25, 0.3) is 0 Å². The molecule has 0 unspecified atom stereocenters. The van der Waals surface area contributed by atoms with Crippen LogP contribution in [0.5, 0.6) is 0 Å². The van der Waals surface area contributed by atoms with E-state index < -0.39 is 0 Å². The molecule has 0 spiro atoms. The zero-order chi connectivity index (χ0) is 17.1. The van der Waals surface area contributed by atoms with Gasteiger partial charge in [0, 0.05) is 26.7 Å². The van der Waals surface area contributed by atoms with Crippen molar-refractivity contribution < 1.29 is 9.53 Å². The molecule has 0 aliphatic rings. The van der Waals surface area contributed by atoms with Crippen molar-refractivity contribution in [2.24, 2.45) is 4.99 Å². The lowest BCUT2D eigenvalue weighted by Gasteiger charge is -2.21. The Labute approximate surface area is 162 Å². The number of hydrogen-bond donors (Lipinski definition) is 1. The maximum Gasteiger partial charge on any atom is 0.337 e. The topological polar surface area (TPSA) is 53.9 Å². The zero-order valence-electron chi connectivity index (χ0n) is 15.2. The van der Waals surface area contributed by atoms with Crippen molar-refractivity contribution in [2.45, 2.75) is 33.1 Å². The third-order valence-electron chi connectivity index (χ3n) is 3.58. The highest BCUT2D eigenvalue weighted by Crippen LogP contribution is 2.06. The van der Waals surface area contributed by atoms with Gasteiger partial charge in [0.1, 0.15) is 0 Å². The van der Waals surface area contributed by atoms with Crippen LogP contribution in [-0.4, -0.2) is 50.6 Å². The summed E-state index contributed by atoms with van der Waals surface area (Å²) >= 11 is 0. The SMILES string of the molecule is CCCCN(C)C(=NCCc1ccc(C(=O)OC)cc1)NCC.I. The van der Waals surface area contributed by atoms with Gasteiger partial charge >= 0.3 is 5.97 Å². The van der Waals surface area contributed by atoms with Crippen LogP contribution in [0.4, 0.5) is 0 Å². The minimum absolute atomic E-state index is 0. The highest BCUT2D eigenvalue weighted by molar-refractivity contribution is 14.0. The van der Waals surface area contributed by atoms with E-state index in [1.54, 1.807) is 12.1 Å². The zero-order valence-corrected chi connectivity index (χ0v) is 17.5. The van der Waals surface area contributed by atoms with Gasteiger partial charge in [-0.2, -0.15) is 0 Å². The lowest BCUT2D eigenvalue weighted by molar-refractivity contribution is 0.0600. The Morgan fingerprint density at radius 3 is 2.46 bits per heavy atom. The fraction of sp³-hybridized carbons (Fsp3) is 0.556. The number of esters is 1. The number of benzene rings is 1. The number of unbranched alkanes of at least 4 members (excludes halogenated alkanes) is 1. The number of hydrogen-bond acceptors (Lipinski definition) is 3. The Morgan fingerprint density at radius 1 is 1.25 bits per heavy atom. The predicted octanol–water partition coefficient (Wildman–Crippen LogP) is 3.33. The molecule has 0 aromatic heterocycles. The summed E-state index contributed by atoms with van der Waals surface area (Å²) < 4.78 is 4.70. The summed E-state index contributed by atoms with van der Waals surface area (Å²) in [7, 11) is 3.46. The van der Waals surface area contributed by atoms with Crippen molar-refractivity contribution in [3.05, 3.63) is 35.4 Å². The molecule has 0 heterocycles. The van der Waals surface area contributed by atoms with Crippen LogP contribution in [0.15, 0.2) is 29.3 Å². The monoisotopic (exact) mass is 447 g/mol. The van der Waals surface area contributed by atoms with Crippen molar-refractivity contribution >= 4 is 35.9 Å². The standard InChI is InChI=1S/C18H29N3O2.HI/c1-5-7-14-21(3)18(19-6-2)20-13-12-15-8-10-16(11-9-15)17(22)23-4;/h8-11H,5-7,12-14H2,1-4H3,(H,19,20);1H. The van der Waals surface area contributed by atoms with E-state index in [2.05, 4.69) is 36.1 Å². The first-order chi connectivity index (χ1) is 11.1. The van der Waals surface area contributed by atoms with Crippen molar-refractivity contribution in [3.63, 3.8) is 0 Å². The summed E-state index contributed by atoms with van der Waals surface area (Å²) in [6.07, 6.45) is 3.18. The molecule has 1 rings (SSSR count). The van der Waals surface area contributed by atoms with Crippen LogP contribution in [0, 0.1) is 0 Å². The smallest absolute Gasteiger partial charge is 0.337 e. The minimum Gasteiger partial charge on any atom is -0.465 e. The molecule has 1 aromatic rings. The summed E-state index contributed by atoms with van der Waals surface area (Å²) in [4.78, 5) is 18.3. The molecule has 0 atom stereocenters. The Morgan fingerprint density at radius 2 is 1.92 bits per heavy atom. The van der Waals surface area contributed by atoms with Crippen LogP contribution in [0.3, 0.4) is 0 Å². The second-order valence-electron chi connectivity index (χ2n) is 5.45. The van der Waals surface area contributed by atoms with E-state index in [-0.39, 0.29) is 29.9 Å². The average Bonchev–Trinajstić information content (AvgIpc) is 2.58. The van der Waals surface area contributed by atoms with Crippen LogP contribution < -0.4 is 5.32 Å². The number of nitrogens with zero attached hydrogens (tertiary/aromatic N) is 2. The predicted molar refractivity (Wildman–Crippen MR) is 110 cm³/mol. The molecule has 0 radical (unpaired) electrons. The lowest BCUT2D eigenvalue weighted by atomic mass is 10.1. The maximum absolute atomic E-state index is 11.4. The van der Waals surface area contributed by atoms with Gasteiger partial charge in [-0.15, -0.1) is 24.0 Å². The summed E-state index contributed by atoms with van der Waals surface area (Å²) in [5.74, 6) is 0.647. The van der Waals surface area contributed by atoms with E-state index in [4.69, 9.17) is 4.74 Å². The molecule has 0 saturated carbocycles. The summed E-state index contributed by atoms with van der Waals surface area (Å²) in [5, 5.41) is 3.32. The second kappa shape index (κ2) is 13.0. The normalized spacial score (nSPS) is 10.8. The van der Waals surface area contributed by atoms with Gasteiger partial charge in [0.15, 0.2) is 5.96 Å². The molecule has 1 N–H and O–H groups in total.